The highest BCUT2D eigenvalue weighted by Gasteiger charge is 2.21. The van der Waals surface area contributed by atoms with Gasteiger partial charge in [0.05, 0.1) is 23.4 Å². The lowest BCUT2D eigenvalue weighted by atomic mass is 10.1. The first-order valence-electron chi connectivity index (χ1n) is 9.46. The highest BCUT2D eigenvalue weighted by Crippen LogP contribution is 2.27. The van der Waals surface area contributed by atoms with Gasteiger partial charge in [-0.2, -0.15) is 0 Å². The number of nitro benzene ring substituents is 1. The number of rotatable bonds is 11. The van der Waals surface area contributed by atoms with Crippen LogP contribution in [0.4, 0.5) is 15.8 Å². The van der Waals surface area contributed by atoms with Crippen LogP contribution < -0.4 is 14.4 Å². The standard InChI is InChI=1S/C20H24FN3O6S/c1-15-5-8-17(24(26)27)14-19(15)23(31(2,28)29)12-3-4-20(25)22-11-13-30-18-9-6-16(21)7-10-18/h5-10,14H,3-4,11-13H2,1-2H3,(H,22,25). The highest BCUT2D eigenvalue weighted by molar-refractivity contribution is 7.92. The van der Waals surface area contributed by atoms with Crippen LogP contribution in [0, 0.1) is 22.9 Å². The molecule has 0 saturated carbocycles. The van der Waals surface area contributed by atoms with Gasteiger partial charge in [-0.15, -0.1) is 0 Å². The van der Waals surface area contributed by atoms with Crippen molar-refractivity contribution in [3.05, 3.63) is 64.0 Å². The molecular formula is C20H24FN3O6S. The molecule has 0 fully saturated rings. The number of non-ortho nitro benzene ring substituents is 1. The van der Waals surface area contributed by atoms with Crippen molar-refractivity contribution in [1.29, 1.82) is 0 Å². The number of nitro groups is 1. The number of carbonyl (C=O) groups excluding carboxylic acids is 1. The summed E-state index contributed by atoms with van der Waals surface area (Å²) in [5, 5.41) is 13.7. The van der Waals surface area contributed by atoms with Gasteiger partial charge in [0.25, 0.3) is 5.69 Å². The van der Waals surface area contributed by atoms with Crippen LogP contribution in [-0.4, -0.2) is 45.2 Å². The fraction of sp³-hybridized carbons (Fsp3) is 0.350. The summed E-state index contributed by atoms with van der Waals surface area (Å²) in [6.45, 7) is 2.08. The first kappa shape index (κ1) is 24.1. The van der Waals surface area contributed by atoms with Gasteiger partial charge in [-0.1, -0.05) is 6.07 Å². The predicted octanol–water partition coefficient (Wildman–Crippen LogP) is 2.78. The SMILES string of the molecule is Cc1ccc([N+](=O)[O-])cc1N(CCCC(=O)NCCOc1ccc(F)cc1)S(C)(=O)=O. The fourth-order valence-electron chi connectivity index (χ4n) is 2.81. The number of hydrogen-bond donors (Lipinski definition) is 1. The van der Waals surface area contributed by atoms with Gasteiger partial charge in [0.2, 0.25) is 15.9 Å². The van der Waals surface area contributed by atoms with Crippen LogP contribution in [0.2, 0.25) is 0 Å². The van der Waals surface area contributed by atoms with Crippen LogP contribution in [0.15, 0.2) is 42.5 Å². The maximum Gasteiger partial charge on any atom is 0.271 e. The molecule has 0 radical (unpaired) electrons. The quantitative estimate of drug-likeness (QED) is 0.317. The zero-order chi connectivity index (χ0) is 23.0. The Bertz CT molecular complexity index is 1030. The molecule has 9 nitrogen and oxygen atoms in total. The molecule has 2 aromatic carbocycles. The van der Waals surface area contributed by atoms with Gasteiger partial charge in [0.15, 0.2) is 0 Å². The molecule has 0 bridgehead atoms. The maximum absolute atomic E-state index is 12.8. The van der Waals surface area contributed by atoms with Gasteiger partial charge in [-0.05, 0) is 43.2 Å². The van der Waals surface area contributed by atoms with Gasteiger partial charge >= 0.3 is 0 Å². The number of benzene rings is 2. The molecule has 31 heavy (non-hydrogen) atoms. The number of amides is 1. The molecule has 11 heteroatoms. The molecule has 1 amide bonds. The third kappa shape index (κ3) is 7.52. The van der Waals surface area contributed by atoms with E-state index in [9.17, 15) is 27.7 Å². The van der Waals surface area contributed by atoms with Crippen molar-refractivity contribution in [3.63, 3.8) is 0 Å². The van der Waals surface area contributed by atoms with E-state index in [1.165, 1.54) is 42.5 Å². The molecule has 0 saturated heterocycles. The summed E-state index contributed by atoms with van der Waals surface area (Å²) in [5.74, 6) is -0.178. The molecule has 0 heterocycles. The number of carbonyl (C=O) groups is 1. The molecule has 0 aliphatic rings. The first-order chi connectivity index (χ1) is 14.6. The number of hydrogen-bond acceptors (Lipinski definition) is 6. The number of halogens is 1. The van der Waals surface area contributed by atoms with E-state index in [2.05, 4.69) is 5.32 Å². The number of aryl methyl sites for hydroxylation is 1. The lowest BCUT2D eigenvalue weighted by molar-refractivity contribution is -0.384. The maximum atomic E-state index is 12.8. The summed E-state index contributed by atoms with van der Waals surface area (Å²) in [5.41, 5.74) is 0.566. The minimum Gasteiger partial charge on any atom is -0.492 e. The average molecular weight is 453 g/mol. The Morgan fingerprint density at radius 1 is 1.23 bits per heavy atom. The zero-order valence-corrected chi connectivity index (χ0v) is 18.0. The molecular weight excluding hydrogens is 429 g/mol. The normalized spacial score (nSPS) is 11.1. The Kier molecular flexibility index (Phi) is 8.31. The molecule has 0 aliphatic heterocycles. The van der Waals surface area contributed by atoms with Crippen LogP contribution in [0.1, 0.15) is 18.4 Å². The highest BCUT2D eigenvalue weighted by atomic mass is 32.2. The monoisotopic (exact) mass is 453 g/mol. The summed E-state index contributed by atoms with van der Waals surface area (Å²) in [7, 11) is -3.70. The van der Waals surface area contributed by atoms with Crippen LogP contribution in [0.3, 0.4) is 0 Å². The van der Waals surface area contributed by atoms with Gasteiger partial charge in [-0.25, -0.2) is 12.8 Å². The third-order valence-electron chi connectivity index (χ3n) is 4.34. The van der Waals surface area contributed by atoms with Crippen molar-refractivity contribution in [2.24, 2.45) is 0 Å². The van der Waals surface area contributed by atoms with Crippen LogP contribution in [-0.2, 0) is 14.8 Å². The minimum atomic E-state index is -3.70. The van der Waals surface area contributed by atoms with E-state index in [4.69, 9.17) is 4.74 Å². The molecule has 1 N–H and O–H groups in total. The average Bonchev–Trinajstić information content (AvgIpc) is 2.69. The lowest BCUT2D eigenvalue weighted by Gasteiger charge is -2.24. The number of sulfonamides is 1. The lowest BCUT2D eigenvalue weighted by Crippen LogP contribution is -2.33. The van der Waals surface area contributed by atoms with Gasteiger partial charge in [0.1, 0.15) is 18.2 Å². The largest absolute Gasteiger partial charge is 0.492 e. The third-order valence-corrected chi connectivity index (χ3v) is 5.52. The second-order valence-corrected chi connectivity index (χ2v) is 8.73. The summed E-state index contributed by atoms with van der Waals surface area (Å²) in [6, 6.07) is 9.50. The van der Waals surface area contributed by atoms with E-state index in [1.807, 2.05) is 0 Å². The second-order valence-electron chi connectivity index (χ2n) is 6.82. The molecule has 0 atom stereocenters. The topological polar surface area (TPSA) is 119 Å². The van der Waals surface area contributed by atoms with E-state index >= 15 is 0 Å². The van der Waals surface area contributed by atoms with E-state index < -0.39 is 14.9 Å². The van der Waals surface area contributed by atoms with E-state index in [0.29, 0.717) is 11.3 Å². The van der Waals surface area contributed by atoms with Crippen LogP contribution in [0.25, 0.3) is 0 Å². The molecule has 0 aliphatic carbocycles. The Morgan fingerprint density at radius 3 is 2.52 bits per heavy atom. The number of anilines is 1. The number of ether oxygens (including phenoxy) is 1. The zero-order valence-electron chi connectivity index (χ0n) is 17.2. The van der Waals surface area contributed by atoms with Gasteiger partial charge < -0.3 is 10.1 Å². The Balaban J connectivity index is 1.86. The summed E-state index contributed by atoms with van der Waals surface area (Å²) < 4.78 is 43.7. The van der Waals surface area contributed by atoms with Gasteiger partial charge in [-0.3, -0.25) is 19.2 Å². The van der Waals surface area contributed by atoms with Gasteiger partial charge in [0, 0.05) is 25.1 Å². The number of nitrogens with one attached hydrogen (secondary N) is 1. The smallest absolute Gasteiger partial charge is 0.271 e. The molecule has 0 unspecified atom stereocenters. The molecule has 2 aromatic rings. The molecule has 0 aromatic heterocycles. The van der Waals surface area contributed by atoms with Crippen LogP contribution >= 0.6 is 0 Å². The Hall–Kier alpha value is -3.21. The second kappa shape index (κ2) is 10.7. The molecule has 2 rings (SSSR count). The predicted molar refractivity (Wildman–Crippen MR) is 114 cm³/mol. The van der Waals surface area contributed by atoms with Crippen LogP contribution in [0.5, 0.6) is 5.75 Å². The van der Waals surface area contributed by atoms with E-state index in [1.54, 1.807) is 6.92 Å². The Morgan fingerprint density at radius 2 is 1.90 bits per heavy atom. The van der Waals surface area contributed by atoms with Crippen molar-refractivity contribution < 1.29 is 27.3 Å². The summed E-state index contributed by atoms with van der Waals surface area (Å²) in [6.07, 6.45) is 1.30. The summed E-state index contributed by atoms with van der Waals surface area (Å²) in [4.78, 5) is 22.4. The van der Waals surface area contributed by atoms with Crippen molar-refractivity contribution in [2.75, 3.05) is 30.3 Å². The Labute approximate surface area is 180 Å². The first-order valence-corrected chi connectivity index (χ1v) is 11.3. The molecule has 0 spiro atoms. The van der Waals surface area contributed by atoms with Crippen molar-refractivity contribution in [1.82, 2.24) is 5.32 Å². The molecule has 168 valence electrons. The van der Waals surface area contributed by atoms with Crippen molar-refractivity contribution in [2.45, 2.75) is 19.8 Å². The van der Waals surface area contributed by atoms with Crippen molar-refractivity contribution in [3.8, 4) is 5.75 Å². The van der Waals surface area contributed by atoms with E-state index in [-0.39, 0.29) is 55.6 Å². The van der Waals surface area contributed by atoms with E-state index in [0.717, 1.165) is 10.6 Å². The summed E-state index contributed by atoms with van der Waals surface area (Å²) >= 11 is 0. The van der Waals surface area contributed by atoms with Crippen molar-refractivity contribution >= 4 is 27.3 Å². The minimum absolute atomic E-state index is 0.000338. The fourth-order valence-corrected chi connectivity index (χ4v) is 3.82. The number of nitrogens with zero attached hydrogens (tertiary/aromatic N) is 2.